The van der Waals surface area contributed by atoms with Crippen LogP contribution in [0.2, 0.25) is 0 Å². The van der Waals surface area contributed by atoms with Crippen molar-refractivity contribution in [3.05, 3.63) is 29.3 Å². The van der Waals surface area contributed by atoms with Gasteiger partial charge in [-0.1, -0.05) is 19.9 Å². The minimum atomic E-state index is -4.58. The van der Waals surface area contributed by atoms with Crippen LogP contribution in [0.25, 0.3) is 0 Å². The lowest BCUT2D eigenvalue weighted by Gasteiger charge is -2.19. The van der Waals surface area contributed by atoms with E-state index in [0.29, 0.717) is 5.92 Å². The van der Waals surface area contributed by atoms with Gasteiger partial charge in [0.15, 0.2) is 0 Å². The Bertz CT molecular complexity index is 501. The Morgan fingerprint density at radius 1 is 1.29 bits per heavy atom. The largest absolute Gasteiger partial charge is 0.418 e. The molecule has 7 heteroatoms. The molecule has 0 aliphatic heterocycles. The maximum Gasteiger partial charge on any atom is 0.418 e. The first-order chi connectivity index (χ1) is 9.66. The van der Waals surface area contributed by atoms with Crippen LogP contribution in [0.4, 0.5) is 18.9 Å². The molecule has 1 aromatic carbocycles. The van der Waals surface area contributed by atoms with E-state index in [1.54, 1.807) is 6.92 Å². The highest BCUT2D eigenvalue weighted by molar-refractivity contribution is 6.00. The van der Waals surface area contributed by atoms with Crippen LogP contribution in [0.3, 0.4) is 0 Å². The molecule has 118 valence electrons. The van der Waals surface area contributed by atoms with E-state index in [9.17, 15) is 18.0 Å². The van der Waals surface area contributed by atoms with E-state index < -0.39 is 23.3 Å². The topological polar surface area (TPSA) is 67.2 Å². The second kappa shape index (κ2) is 6.80. The molecular weight excluding hydrogens is 283 g/mol. The zero-order chi connectivity index (χ0) is 16.2. The number of carbonyl (C=O) groups excluding carboxylic acids is 1. The number of nitrogens with two attached hydrogens (primary N) is 1. The van der Waals surface area contributed by atoms with Crippen molar-refractivity contribution in [2.45, 2.75) is 39.4 Å². The van der Waals surface area contributed by atoms with Crippen LogP contribution in [-0.4, -0.2) is 11.9 Å². The molecule has 0 radical (unpaired) electrons. The van der Waals surface area contributed by atoms with Crippen LogP contribution in [0.5, 0.6) is 0 Å². The maximum absolute atomic E-state index is 12.9. The number of para-hydroxylation sites is 1. The number of rotatable bonds is 5. The molecule has 0 bridgehead atoms. The molecular formula is C14H20F3N3O. The van der Waals surface area contributed by atoms with Gasteiger partial charge in [-0.05, 0) is 31.4 Å². The van der Waals surface area contributed by atoms with Crippen LogP contribution < -0.4 is 16.6 Å². The molecule has 0 aliphatic carbocycles. The van der Waals surface area contributed by atoms with Crippen molar-refractivity contribution in [2.24, 2.45) is 11.8 Å². The van der Waals surface area contributed by atoms with Crippen LogP contribution in [0, 0.1) is 5.92 Å². The third kappa shape index (κ3) is 4.63. The van der Waals surface area contributed by atoms with Crippen molar-refractivity contribution in [1.82, 2.24) is 5.32 Å². The van der Waals surface area contributed by atoms with E-state index >= 15 is 0 Å². The summed E-state index contributed by atoms with van der Waals surface area (Å²) in [5.41, 5.74) is 0.481. The summed E-state index contributed by atoms with van der Waals surface area (Å²) >= 11 is 0. The van der Waals surface area contributed by atoms with Gasteiger partial charge in [-0.2, -0.15) is 13.2 Å². The van der Waals surface area contributed by atoms with E-state index in [4.69, 9.17) is 5.84 Å². The summed E-state index contributed by atoms with van der Waals surface area (Å²) in [5.74, 6) is 4.96. The number of nitrogen functional groups attached to an aromatic ring is 1. The number of alkyl halides is 3. The predicted molar refractivity (Wildman–Crippen MR) is 75.6 cm³/mol. The van der Waals surface area contributed by atoms with Gasteiger partial charge in [-0.25, -0.2) is 0 Å². The van der Waals surface area contributed by atoms with Crippen molar-refractivity contribution in [3.63, 3.8) is 0 Å². The molecule has 1 rings (SSSR count). The lowest BCUT2D eigenvalue weighted by Crippen LogP contribution is -2.34. The summed E-state index contributed by atoms with van der Waals surface area (Å²) in [6.07, 6.45) is -3.85. The molecule has 1 atom stereocenters. The van der Waals surface area contributed by atoms with E-state index in [1.165, 1.54) is 12.1 Å². The van der Waals surface area contributed by atoms with Gasteiger partial charge in [0.1, 0.15) is 0 Å². The Morgan fingerprint density at radius 3 is 2.38 bits per heavy atom. The van der Waals surface area contributed by atoms with Crippen LogP contribution in [0.15, 0.2) is 18.2 Å². The molecule has 0 aromatic heterocycles. The fourth-order valence-electron chi connectivity index (χ4n) is 2.20. The number of nitrogens with one attached hydrogen (secondary N) is 2. The fourth-order valence-corrected chi connectivity index (χ4v) is 2.20. The average Bonchev–Trinajstić information content (AvgIpc) is 2.35. The SMILES string of the molecule is CC(C)CC(C)NC(=O)c1cccc(C(F)(F)F)c1NN. The van der Waals surface area contributed by atoms with Gasteiger partial charge in [0.2, 0.25) is 0 Å². The molecule has 1 aromatic rings. The van der Waals surface area contributed by atoms with Crippen LogP contribution in [-0.2, 0) is 6.18 Å². The second-order valence-corrected chi connectivity index (χ2v) is 5.37. The molecule has 1 amide bonds. The maximum atomic E-state index is 12.9. The quantitative estimate of drug-likeness (QED) is 0.578. The number of hydrogen-bond donors (Lipinski definition) is 3. The Balaban J connectivity index is 3.05. The number of anilines is 1. The third-order valence-corrected chi connectivity index (χ3v) is 2.96. The van der Waals surface area contributed by atoms with Gasteiger partial charge in [0.25, 0.3) is 5.91 Å². The average molecular weight is 303 g/mol. The normalized spacial score (nSPS) is 13.1. The summed E-state index contributed by atoms with van der Waals surface area (Å²) in [4.78, 5) is 12.1. The lowest BCUT2D eigenvalue weighted by atomic mass is 10.0. The molecule has 0 heterocycles. The first kappa shape index (κ1) is 17.3. The smallest absolute Gasteiger partial charge is 0.350 e. The van der Waals surface area contributed by atoms with Crippen molar-refractivity contribution in [1.29, 1.82) is 0 Å². The Hall–Kier alpha value is -1.76. The van der Waals surface area contributed by atoms with E-state index in [-0.39, 0.29) is 11.6 Å². The van der Waals surface area contributed by atoms with Crippen LogP contribution >= 0.6 is 0 Å². The number of benzene rings is 1. The van der Waals surface area contributed by atoms with Gasteiger partial charge >= 0.3 is 6.18 Å². The zero-order valence-corrected chi connectivity index (χ0v) is 12.2. The van der Waals surface area contributed by atoms with E-state index in [2.05, 4.69) is 5.32 Å². The third-order valence-electron chi connectivity index (χ3n) is 2.96. The summed E-state index contributed by atoms with van der Waals surface area (Å²) in [7, 11) is 0. The summed E-state index contributed by atoms with van der Waals surface area (Å²) in [5, 5.41) is 2.68. The summed E-state index contributed by atoms with van der Waals surface area (Å²) in [6, 6.07) is 3.23. The highest BCUT2D eigenvalue weighted by atomic mass is 19.4. The van der Waals surface area contributed by atoms with Gasteiger partial charge in [-0.3, -0.25) is 10.6 Å². The number of carbonyl (C=O) groups is 1. The molecule has 1 unspecified atom stereocenters. The van der Waals surface area contributed by atoms with Gasteiger partial charge in [0, 0.05) is 6.04 Å². The van der Waals surface area contributed by atoms with E-state index in [1.807, 2.05) is 19.3 Å². The standard InChI is InChI=1S/C14H20F3N3O/c1-8(2)7-9(3)19-13(21)10-5-4-6-11(12(10)20-18)14(15,16)17/h4-6,8-9,20H,7,18H2,1-3H3,(H,19,21). The van der Waals surface area contributed by atoms with Crippen molar-refractivity contribution in [3.8, 4) is 0 Å². The fraction of sp³-hybridized carbons (Fsp3) is 0.500. The number of amides is 1. The molecule has 0 saturated carbocycles. The first-order valence-corrected chi connectivity index (χ1v) is 6.64. The Labute approximate surface area is 121 Å². The molecule has 21 heavy (non-hydrogen) atoms. The molecule has 0 aliphatic rings. The zero-order valence-electron chi connectivity index (χ0n) is 12.2. The number of halogens is 3. The summed E-state index contributed by atoms with van der Waals surface area (Å²) in [6.45, 7) is 5.81. The van der Waals surface area contributed by atoms with Crippen LogP contribution in [0.1, 0.15) is 43.1 Å². The van der Waals surface area contributed by atoms with Crippen molar-refractivity contribution in [2.75, 3.05) is 5.43 Å². The number of hydrazine groups is 1. The minimum Gasteiger partial charge on any atom is -0.350 e. The molecule has 0 saturated heterocycles. The van der Waals surface area contributed by atoms with Crippen molar-refractivity contribution < 1.29 is 18.0 Å². The van der Waals surface area contributed by atoms with Gasteiger partial charge in [-0.15, -0.1) is 0 Å². The Kier molecular flexibility index (Phi) is 5.60. The molecule has 0 spiro atoms. The van der Waals surface area contributed by atoms with Gasteiger partial charge in [0.05, 0.1) is 16.8 Å². The monoisotopic (exact) mass is 303 g/mol. The van der Waals surface area contributed by atoms with Crippen molar-refractivity contribution >= 4 is 11.6 Å². The Morgan fingerprint density at radius 2 is 1.90 bits per heavy atom. The lowest BCUT2D eigenvalue weighted by molar-refractivity contribution is -0.137. The van der Waals surface area contributed by atoms with E-state index in [0.717, 1.165) is 12.5 Å². The summed E-state index contributed by atoms with van der Waals surface area (Å²) < 4.78 is 38.7. The minimum absolute atomic E-state index is 0.122. The molecule has 4 N–H and O–H groups in total. The molecule has 4 nitrogen and oxygen atoms in total. The highest BCUT2D eigenvalue weighted by Crippen LogP contribution is 2.36. The highest BCUT2D eigenvalue weighted by Gasteiger charge is 2.35. The van der Waals surface area contributed by atoms with Gasteiger partial charge < -0.3 is 10.7 Å². The predicted octanol–water partition coefficient (Wildman–Crippen LogP) is 3.16. The first-order valence-electron chi connectivity index (χ1n) is 6.64. The second-order valence-electron chi connectivity index (χ2n) is 5.37. The molecule has 0 fully saturated rings. The number of hydrogen-bond acceptors (Lipinski definition) is 3.